The molecular formula is C22H23F3N6O3. The highest BCUT2D eigenvalue weighted by atomic mass is 19.4. The van der Waals surface area contributed by atoms with Crippen LogP contribution in [-0.4, -0.2) is 69.9 Å². The van der Waals surface area contributed by atoms with Crippen LogP contribution in [0.3, 0.4) is 0 Å². The number of aryl methyl sites for hydroxylation is 1. The first-order valence-electron chi connectivity index (χ1n) is 10.6. The van der Waals surface area contributed by atoms with Crippen molar-refractivity contribution in [2.75, 3.05) is 26.3 Å². The monoisotopic (exact) mass is 476 g/mol. The topological polar surface area (TPSA) is 100 Å². The molecule has 3 heterocycles. The van der Waals surface area contributed by atoms with E-state index in [0.717, 1.165) is 17.3 Å². The van der Waals surface area contributed by atoms with Gasteiger partial charge in [0.1, 0.15) is 6.61 Å². The van der Waals surface area contributed by atoms with Crippen molar-refractivity contribution in [2.24, 2.45) is 5.10 Å². The van der Waals surface area contributed by atoms with E-state index in [0.29, 0.717) is 25.1 Å². The summed E-state index contributed by atoms with van der Waals surface area (Å²) in [5.74, 6) is -0.188. The molecule has 0 spiro atoms. The molecule has 4 rings (SSSR count). The maximum absolute atomic E-state index is 12.9. The minimum Gasteiger partial charge on any atom is -0.370 e. The van der Waals surface area contributed by atoms with Crippen LogP contribution in [0, 0.1) is 6.92 Å². The molecule has 1 fully saturated rings. The number of carbonyl (C=O) groups excluding carboxylic acids is 2. The van der Waals surface area contributed by atoms with E-state index >= 15 is 0 Å². The van der Waals surface area contributed by atoms with Gasteiger partial charge in [-0.15, -0.1) is 0 Å². The molecule has 180 valence electrons. The largest absolute Gasteiger partial charge is 0.434 e. The van der Waals surface area contributed by atoms with Gasteiger partial charge in [-0.05, 0) is 19.4 Å². The molecule has 1 aromatic heterocycles. The molecule has 2 aromatic rings. The van der Waals surface area contributed by atoms with Crippen LogP contribution in [0.4, 0.5) is 18.0 Å². The molecule has 0 aliphatic carbocycles. The number of nitrogens with one attached hydrogen (secondary N) is 1. The third-order valence-electron chi connectivity index (χ3n) is 5.62. The fraction of sp³-hybridized carbons (Fsp3) is 0.409. The number of morpholine rings is 1. The lowest BCUT2D eigenvalue weighted by Gasteiger charge is -2.32. The molecule has 34 heavy (non-hydrogen) atoms. The Bertz CT molecular complexity index is 1090. The third-order valence-corrected chi connectivity index (χ3v) is 5.62. The Labute approximate surface area is 193 Å². The molecule has 12 heteroatoms. The normalized spacial score (nSPS) is 19.7. The molecule has 2 atom stereocenters. The number of ether oxygens (including phenoxy) is 1. The molecule has 9 nitrogen and oxygen atoms in total. The molecule has 0 saturated carbocycles. The standard InChI is InChI=1S/C22H23F3N6O3/c1-13-3-5-15(6-4-13)20-17(30-7-8-34-12-19(30)32)11-31(29-20)21(33)28-14(2)16-9-27-18(10-26-16)22(23,24)25/h3-6,9-10,14,17H,7-8,11-12H2,1-2H3,(H,28,33)/t14-,17+/m1/s1. The molecule has 2 aliphatic rings. The summed E-state index contributed by atoms with van der Waals surface area (Å²) in [5, 5.41) is 8.39. The summed E-state index contributed by atoms with van der Waals surface area (Å²) in [7, 11) is 0. The summed E-state index contributed by atoms with van der Waals surface area (Å²) >= 11 is 0. The van der Waals surface area contributed by atoms with Gasteiger partial charge in [0.15, 0.2) is 5.69 Å². The quantitative estimate of drug-likeness (QED) is 0.731. The summed E-state index contributed by atoms with van der Waals surface area (Å²) in [6.45, 7) is 4.40. The third kappa shape index (κ3) is 5.01. The van der Waals surface area contributed by atoms with Gasteiger partial charge >= 0.3 is 12.2 Å². The molecule has 0 unspecified atom stereocenters. The number of hydrogen-bond acceptors (Lipinski definition) is 6. The Morgan fingerprint density at radius 1 is 1.21 bits per heavy atom. The van der Waals surface area contributed by atoms with E-state index in [1.54, 1.807) is 11.8 Å². The number of urea groups is 1. The summed E-state index contributed by atoms with van der Waals surface area (Å²) in [6, 6.07) is 5.87. The average Bonchev–Trinajstić information content (AvgIpc) is 3.25. The van der Waals surface area contributed by atoms with Gasteiger partial charge < -0.3 is 15.0 Å². The number of hydrogen-bond donors (Lipinski definition) is 1. The Hall–Kier alpha value is -3.54. The minimum absolute atomic E-state index is 0.0342. The Balaban J connectivity index is 1.52. The second kappa shape index (κ2) is 9.37. The molecule has 1 N–H and O–H groups in total. The van der Waals surface area contributed by atoms with Gasteiger partial charge in [-0.2, -0.15) is 18.3 Å². The van der Waals surface area contributed by atoms with Crippen molar-refractivity contribution in [2.45, 2.75) is 32.1 Å². The Kier molecular flexibility index (Phi) is 6.51. The van der Waals surface area contributed by atoms with Crippen LogP contribution >= 0.6 is 0 Å². The van der Waals surface area contributed by atoms with Crippen molar-refractivity contribution in [3.05, 3.63) is 59.2 Å². The zero-order chi connectivity index (χ0) is 24.5. The van der Waals surface area contributed by atoms with Gasteiger partial charge in [0.05, 0.1) is 49.0 Å². The van der Waals surface area contributed by atoms with Crippen LogP contribution in [0.25, 0.3) is 0 Å². The summed E-state index contributed by atoms with van der Waals surface area (Å²) in [4.78, 5) is 34.2. The maximum Gasteiger partial charge on any atom is 0.434 e. The van der Waals surface area contributed by atoms with Crippen LogP contribution in [-0.2, 0) is 15.7 Å². The lowest BCUT2D eigenvalue weighted by molar-refractivity contribution is -0.144. The van der Waals surface area contributed by atoms with Crippen molar-refractivity contribution < 1.29 is 27.5 Å². The van der Waals surface area contributed by atoms with Gasteiger partial charge in [-0.1, -0.05) is 29.8 Å². The molecule has 0 bridgehead atoms. The highest BCUT2D eigenvalue weighted by Gasteiger charge is 2.39. The van der Waals surface area contributed by atoms with Crippen LogP contribution in [0.15, 0.2) is 41.8 Å². The molecule has 1 aromatic carbocycles. The highest BCUT2D eigenvalue weighted by Crippen LogP contribution is 2.27. The minimum atomic E-state index is -4.60. The Morgan fingerprint density at radius 2 is 1.94 bits per heavy atom. The number of rotatable bonds is 4. The lowest BCUT2D eigenvalue weighted by atomic mass is 10.0. The molecule has 0 radical (unpaired) electrons. The van der Waals surface area contributed by atoms with E-state index in [1.807, 2.05) is 31.2 Å². The number of amides is 3. The zero-order valence-electron chi connectivity index (χ0n) is 18.5. The summed E-state index contributed by atoms with van der Waals surface area (Å²) in [5.41, 5.74) is 1.48. The SMILES string of the molecule is Cc1ccc(C2=NN(C(=O)N[C@H](C)c3cnc(C(F)(F)F)cn3)C[C@@H]2N2CCOCC2=O)cc1. The molecule has 1 saturated heterocycles. The number of halogens is 3. The van der Waals surface area contributed by atoms with Crippen LogP contribution in [0.1, 0.15) is 35.5 Å². The van der Waals surface area contributed by atoms with E-state index in [9.17, 15) is 22.8 Å². The van der Waals surface area contributed by atoms with Gasteiger partial charge in [0, 0.05) is 6.54 Å². The fourth-order valence-electron chi connectivity index (χ4n) is 3.74. The van der Waals surface area contributed by atoms with Crippen molar-refractivity contribution in [1.82, 2.24) is 25.2 Å². The van der Waals surface area contributed by atoms with Crippen LogP contribution in [0.2, 0.25) is 0 Å². The Morgan fingerprint density at radius 3 is 2.56 bits per heavy atom. The van der Waals surface area contributed by atoms with Crippen LogP contribution in [0.5, 0.6) is 0 Å². The first-order chi connectivity index (χ1) is 16.1. The molecular weight excluding hydrogens is 453 g/mol. The maximum atomic E-state index is 12.9. The van der Waals surface area contributed by atoms with Gasteiger partial charge in [-0.25, -0.2) is 14.8 Å². The van der Waals surface area contributed by atoms with Crippen LogP contribution < -0.4 is 5.32 Å². The zero-order valence-corrected chi connectivity index (χ0v) is 18.5. The number of benzene rings is 1. The second-order valence-corrected chi connectivity index (χ2v) is 8.08. The highest BCUT2D eigenvalue weighted by molar-refractivity contribution is 6.08. The number of carbonyl (C=O) groups is 2. The molecule has 2 aliphatic heterocycles. The van der Waals surface area contributed by atoms with Crippen molar-refractivity contribution in [1.29, 1.82) is 0 Å². The number of alkyl halides is 3. The number of hydrazone groups is 1. The van der Waals surface area contributed by atoms with Gasteiger partial charge in [0.2, 0.25) is 5.91 Å². The van der Waals surface area contributed by atoms with Crippen molar-refractivity contribution in [3.8, 4) is 0 Å². The summed E-state index contributed by atoms with van der Waals surface area (Å²) in [6.07, 6.45) is -2.99. The number of aromatic nitrogens is 2. The predicted octanol–water partition coefficient (Wildman–Crippen LogP) is 2.52. The lowest BCUT2D eigenvalue weighted by Crippen LogP contribution is -2.52. The van der Waals surface area contributed by atoms with Gasteiger partial charge in [-0.3, -0.25) is 9.78 Å². The number of nitrogens with zero attached hydrogens (tertiary/aromatic N) is 5. The molecule has 3 amide bonds. The van der Waals surface area contributed by atoms with E-state index < -0.39 is 30.0 Å². The van der Waals surface area contributed by atoms with E-state index in [4.69, 9.17) is 4.74 Å². The summed E-state index contributed by atoms with van der Waals surface area (Å²) < 4.78 is 43.4. The predicted molar refractivity (Wildman–Crippen MR) is 115 cm³/mol. The first-order valence-corrected chi connectivity index (χ1v) is 10.6. The van der Waals surface area contributed by atoms with Crippen molar-refractivity contribution >= 4 is 17.6 Å². The second-order valence-electron chi connectivity index (χ2n) is 8.08. The first kappa shape index (κ1) is 23.6. The van der Waals surface area contributed by atoms with E-state index in [1.165, 1.54) is 5.01 Å². The fourth-order valence-corrected chi connectivity index (χ4v) is 3.74. The van der Waals surface area contributed by atoms with E-state index in [2.05, 4.69) is 20.4 Å². The van der Waals surface area contributed by atoms with Gasteiger partial charge in [0.25, 0.3) is 0 Å². The van der Waals surface area contributed by atoms with Crippen molar-refractivity contribution in [3.63, 3.8) is 0 Å². The smallest absolute Gasteiger partial charge is 0.370 e. The van der Waals surface area contributed by atoms with E-state index in [-0.39, 0.29) is 24.8 Å². The average molecular weight is 476 g/mol.